The highest BCUT2D eigenvalue weighted by molar-refractivity contribution is 7.09. The minimum Gasteiger partial charge on any atom is -0.485 e. The summed E-state index contributed by atoms with van der Waals surface area (Å²) in [5.74, 6) is 1.24. The Balaban J connectivity index is 1.55. The van der Waals surface area contributed by atoms with Gasteiger partial charge in [-0.25, -0.2) is 0 Å². The molecule has 26 heavy (non-hydrogen) atoms. The molecule has 0 bridgehead atoms. The summed E-state index contributed by atoms with van der Waals surface area (Å²) in [5, 5.41) is 2.02. The fraction of sp³-hybridized carbons (Fsp3) is 0.250. The van der Waals surface area contributed by atoms with Crippen LogP contribution in [0, 0.1) is 0 Å². The van der Waals surface area contributed by atoms with Crippen LogP contribution in [0.2, 0.25) is 0 Å². The summed E-state index contributed by atoms with van der Waals surface area (Å²) in [6, 6.07) is 15.5. The molecule has 1 atom stereocenters. The fourth-order valence-corrected chi connectivity index (χ4v) is 3.72. The van der Waals surface area contributed by atoms with Gasteiger partial charge in [0.05, 0.1) is 13.1 Å². The van der Waals surface area contributed by atoms with Crippen molar-refractivity contribution in [2.45, 2.75) is 19.2 Å². The van der Waals surface area contributed by atoms with E-state index in [0.29, 0.717) is 24.6 Å². The number of thiophene rings is 1. The molecule has 0 radical (unpaired) electrons. The first-order chi connectivity index (χ1) is 12.7. The zero-order valence-corrected chi connectivity index (χ0v) is 15.3. The highest BCUT2D eigenvalue weighted by atomic mass is 32.1. The molecule has 5 nitrogen and oxygen atoms in total. The van der Waals surface area contributed by atoms with Crippen LogP contribution in [0.5, 0.6) is 11.5 Å². The van der Waals surface area contributed by atoms with Gasteiger partial charge in [0.15, 0.2) is 11.5 Å². The van der Waals surface area contributed by atoms with Gasteiger partial charge in [0, 0.05) is 23.8 Å². The molecular weight excluding hydrogens is 348 g/mol. The zero-order chi connectivity index (χ0) is 17.9. The second kappa shape index (κ2) is 7.25. The number of hydrogen-bond acceptors (Lipinski definition) is 4. The molecule has 1 aliphatic heterocycles. The van der Waals surface area contributed by atoms with E-state index in [-0.39, 0.29) is 12.5 Å². The van der Waals surface area contributed by atoms with Gasteiger partial charge in [-0.2, -0.15) is 0 Å². The molecule has 0 saturated carbocycles. The van der Waals surface area contributed by atoms with E-state index in [1.807, 2.05) is 76.6 Å². The number of carbonyl (C=O) groups is 1. The zero-order valence-electron chi connectivity index (χ0n) is 14.5. The highest BCUT2D eigenvalue weighted by Gasteiger charge is 2.31. The lowest BCUT2D eigenvalue weighted by Gasteiger charge is -2.30. The topological polar surface area (TPSA) is 43.7 Å². The van der Waals surface area contributed by atoms with Crippen molar-refractivity contribution in [3.8, 4) is 11.5 Å². The van der Waals surface area contributed by atoms with Crippen LogP contribution >= 0.6 is 11.3 Å². The van der Waals surface area contributed by atoms with Crippen LogP contribution in [-0.2, 0) is 24.9 Å². The number of fused-ring (bicyclic) bond motifs is 1. The molecule has 1 amide bonds. The normalized spacial score (nSPS) is 15.7. The third-order valence-corrected chi connectivity index (χ3v) is 5.29. The van der Waals surface area contributed by atoms with Crippen LogP contribution in [0.25, 0.3) is 0 Å². The average Bonchev–Trinajstić information content (AvgIpc) is 3.32. The summed E-state index contributed by atoms with van der Waals surface area (Å²) < 4.78 is 13.7. The van der Waals surface area contributed by atoms with E-state index in [9.17, 15) is 4.79 Å². The van der Waals surface area contributed by atoms with Gasteiger partial charge >= 0.3 is 0 Å². The lowest BCUT2D eigenvalue weighted by atomic mass is 10.2. The van der Waals surface area contributed by atoms with E-state index in [0.717, 1.165) is 10.6 Å². The molecule has 0 spiro atoms. The average molecular weight is 368 g/mol. The summed E-state index contributed by atoms with van der Waals surface area (Å²) >= 11 is 1.65. The van der Waals surface area contributed by atoms with Gasteiger partial charge in [-0.3, -0.25) is 4.79 Å². The smallest absolute Gasteiger partial charge is 0.267 e. The number of aromatic nitrogens is 1. The first-order valence-corrected chi connectivity index (χ1v) is 9.38. The quantitative estimate of drug-likeness (QED) is 0.693. The maximum atomic E-state index is 13.2. The number of benzene rings is 1. The molecular formula is C20H20N2O3S. The minimum atomic E-state index is -0.634. The van der Waals surface area contributed by atoms with Crippen molar-refractivity contribution < 1.29 is 14.3 Å². The summed E-state index contributed by atoms with van der Waals surface area (Å²) in [6.07, 6.45) is 1.35. The number of amides is 1. The number of aryl methyl sites for hydroxylation is 1. The molecule has 1 aliphatic rings. The predicted molar refractivity (Wildman–Crippen MR) is 100 cm³/mol. The Morgan fingerprint density at radius 2 is 2.00 bits per heavy atom. The van der Waals surface area contributed by atoms with Crippen molar-refractivity contribution in [1.29, 1.82) is 0 Å². The van der Waals surface area contributed by atoms with E-state index in [1.165, 1.54) is 0 Å². The van der Waals surface area contributed by atoms with Gasteiger partial charge in [-0.15, -0.1) is 11.3 Å². The van der Waals surface area contributed by atoms with Crippen LogP contribution in [0.15, 0.2) is 60.1 Å². The predicted octanol–water partition coefficient (Wildman–Crippen LogP) is 3.46. The third kappa shape index (κ3) is 3.46. The monoisotopic (exact) mass is 368 g/mol. The largest absolute Gasteiger partial charge is 0.485 e. The van der Waals surface area contributed by atoms with Gasteiger partial charge in [0.25, 0.3) is 5.91 Å². The molecule has 134 valence electrons. The van der Waals surface area contributed by atoms with Crippen molar-refractivity contribution in [2.75, 3.05) is 6.61 Å². The van der Waals surface area contributed by atoms with Crippen molar-refractivity contribution >= 4 is 17.2 Å². The molecule has 0 saturated heterocycles. The summed E-state index contributed by atoms with van der Waals surface area (Å²) in [5.41, 5.74) is 1.08. The molecule has 4 rings (SSSR count). The maximum absolute atomic E-state index is 13.2. The van der Waals surface area contributed by atoms with Crippen molar-refractivity contribution in [3.05, 3.63) is 70.7 Å². The van der Waals surface area contributed by atoms with Crippen LogP contribution in [0.4, 0.5) is 0 Å². The molecule has 2 aromatic heterocycles. The Morgan fingerprint density at radius 3 is 2.73 bits per heavy atom. The Kier molecular flexibility index (Phi) is 4.67. The Hall–Kier alpha value is -2.73. The van der Waals surface area contributed by atoms with E-state index in [2.05, 4.69) is 0 Å². The summed E-state index contributed by atoms with van der Waals surface area (Å²) in [6.45, 7) is 1.31. The second-order valence-electron chi connectivity index (χ2n) is 6.25. The van der Waals surface area contributed by atoms with Crippen molar-refractivity contribution in [2.24, 2.45) is 7.05 Å². The molecule has 1 aromatic carbocycles. The number of ether oxygens (including phenoxy) is 2. The molecule has 1 unspecified atom stereocenters. The van der Waals surface area contributed by atoms with E-state index >= 15 is 0 Å². The number of rotatable bonds is 5. The molecule has 0 N–H and O–H groups in total. The van der Waals surface area contributed by atoms with Crippen LogP contribution in [-0.4, -0.2) is 28.1 Å². The Labute approximate surface area is 156 Å². The van der Waals surface area contributed by atoms with Gasteiger partial charge in [0.1, 0.15) is 6.61 Å². The SMILES string of the molecule is Cn1cccc1CN(Cc1cccs1)C(=O)C1COc2ccccc2O1. The van der Waals surface area contributed by atoms with Gasteiger partial charge in [-0.1, -0.05) is 18.2 Å². The second-order valence-corrected chi connectivity index (χ2v) is 7.28. The highest BCUT2D eigenvalue weighted by Crippen LogP contribution is 2.31. The third-order valence-electron chi connectivity index (χ3n) is 4.43. The van der Waals surface area contributed by atoms with Gasteiger partial charge in [0.2, 0.25) is 6.10 Å². The number of carbonyl (C=O) groups excluding carboxylic acids is 1. The van der Waals surface area contributed by atoms with Crippen LogP contribution in [0.1, 0.15) is 10.6 Å². The molecule has 0 aliphatic carbocycles. The fourth-order valence-electron chi connectivity index (χ4n) is 3.00. The lowest BCUT2D eigenvalue weighted by Crippen LogP contribution is -2.45. The first-order valence-electron chi connectivity index (χ1n) is 8.50. The maximum Gasteiger partial charge on any atom is 0.267 e. The molecule has 3 heterocycles. The minimum absolute atomic E-state index is 0.0610. The Morgan fingerprint density at radius 1 is 1.15 bits per heavy atom. The van der Waals surface area contributed by atoms with Gasteiger partial charge < -0.3 is 18.9 Å². The summed E-state index contributed by atoms with van der Waals surface area (Å²) in [7, 11) is 1.99. The van der Waals surface area contributed by atoms with E-state index < -0.39 is 6.10 Å². The first kappa shape index (κ1) is 16.7. The molecule has 6 heteroatoms. The molecule has 0 fully saturated rings. The lowest BCUT2D eigenvalue weighted by molar-refractivity contribution is -0.142. The van der Waals surface area contributed by atoms with E-state index in [1.54, 1.807) is 11.3 Å². The Bertz CT molecular complexity index is 888. The molecule has 3 aromatic rings. The number of para-hydroxylation sites is 2. The van der Waals surface area contributed by atoms with Crippen molar-refractivity contribution in [1.82, 2.24) is 9.47 Å². The number of hydrogen-bond donors (Lipinski definition) is 0. The van der Waals surface area contributed by atoms with Crippen LogP contribution in [0.3, 0.4) is 0 Å². The van der Waals surface area contributed by atoms with E-state index in [4.69, 9.17) is 9.47 Å². The van der Waals surface area contributed by atoms with Crippen molar-refractivity contribution in [3.63, 3.8) is 0 Å². The summed E-state index contributed by atoms with van der Waals surface area (Å²) in [4.78, 5) is 16.2. The van der Waals surface area contributed by atoms with Gasteiger partial charge in [-0.05, 0) is 35.7 Å². The van der Waals surface area contributed by atoms with Crippen LogP contribution < -0.4 is 9.47 Å². The number of nitrogens with zero attached hydrogens (tertiary/aromatic N) is 2. The standard InChI is InChI=1S/C20H20N2O3S/c1-21-10-4-6-15(21)12-22(13-16-7-5-11-26-16)20(23)19-14-24-17-8-2-3-9-18(17)25-19/h2-11,19H,12-14H2,1H3.